The number of primary sulfonamides is 1. The summed E-state index contributed by atoms with van der Waals surface area (Å²) in [5.41, 5.74) is 6.83. The van der Waals surface area contributed by atoms with Crippen LogP contribution in [0.15, 0.2) is 41.3 Å². The van der Waals surface area contributed by atoms with Crippen molar-refractivity contribution in [2.45, 2.75) is 4.90 Å². The van der Waals surface area contributed by atoms with Crippen molar-refractivity contribution in [3.8, 4) is 0 Å². The number of sulfonamides is 1. The van der Waals surface area contributed by atoms with E-state index >= 15 is 0 Å². The highest BCUT2D eigenvalue weighted by Gasteiger charge is 2.15. The Balaban J connectivity index is 2.45. The highest BCUT2D eigenvalue weighted by molar-refractivity contribution is 14.1. The SMILES string of the molecule is Nc1c(Nc2ccc(F)cc2I)cccc1S(N)(=O)=O. The molecular formula is C12H11FIN3O2S. The Labute approximate surface area is 129 Å². The normalized spacial score (nSPS) is 11.3. The van der Waals surface area contributed by atoms with E-state index in [-0.39, 0.29) is 16.4 Å². The second-order valence-corrected chi connectivity index (χ2v) is 6.70. The Morgan fingerprint density at radius 2 is 1.85 bits per heavy atom. The molecule has 106 valence electrons. The molecule has 8 heteroatoms. The molecule has 0 radical (unpaired) electrons. The van der Waals surface area contributed by atoms with Gasteiger partial charge in [-0.15, -0.1) is 0 Å². The van der Waals surface area contributed by atoms with Gasteiger partial charge in [0.15, 0.2) is 0 Å². The molecule has 0 aliphatic rings. The molecule has 0 aromatic heterocycles. The molecule has 0 spiro atoms. The lowest BCUT2D eigenvalue weighted by molar-refractivity contribution is 0.598. The van der Waals surface area contributed by atoms with Crippen LogP contribution in [0.1, 0.15) is 0 Å². The Hall–Kier alpha value is -1.39. The Kier molecular flexibility index (Phi) is 4.16. The second kappa shape index (κ2) is 5.54. The summed E-state index contributed by atoms with van der Waals surface area (Å²) in [6, 6.07) is 8.65. The average Bonchev–Trinajstić information content (AvgIpc) is 2.33. The molecule has 0 heterocycles. The molecule has 5 nitrogen and oxygen atoms in total. The number of nitrogens with two attached hydrogens (primary N) is 2. The Morgan fingerprint density at radius 1 is 1.15 bits per heavy atom. The third-order valence-corrected chi connectivity index (χ3v) is 4.43. The molecular weight excluding hydrogens is 396 g/mol. The van der Waals surface area contributed by atoms with Crippen molar-refractivity contribution in [2.24, 2.45) is 5.14 Å². The van der Waals surface area contributed by atoms with Crippen molar-refractivity contribution in [1.29, 1.82) is 0 Å². The molecule has 0 aliphatic heterocycles. The number of benzene rings is 2. The first-order valence-corrected chi connectivity index (χ1v) is 8.05. The lowest BCUT2D eigenvalue weighted by atomic mass is 10.2. The number of rotatable bonds is 3. The minimum absolute atomic E-state index is 0.0233. The quantitative estimate of drug-likeness (QED) is 0.538. The summed E-state index contributed by atoms with van der Waals surface area (Å²) in [7, 11) is -3.89. The van der Waals surface area contributed by atoms with Crippen LogP contribution in [0.2, 0.25) is 0 Å². The number of anilines is 3. The predicted molar refractivity (Wildman–Crippen MR) is 84.6 cm³/mol. The maximum atomic E-state index is 13.0. The van der Waals surface area contributed by atoms with Crippen LogP contribution in [0.5, 0.6) is 0 Å². The van der Waals surface area contributed by atoms with E-state index < -0.39 is 10.0 Å². The van der Waals surface area contributed by atoms with Gasteiger partial charge in [0.1, 0.15) is 10.7 Å². The minimum Gasteiger partial charge on any atom is -0.396 e. The van der Waals surface area contributed by atoms with Crippen molar-refractivity contribution in [1.82, 2.24) is 0 Å². The monoisotopic (exact) mass is 407 g/mol. The molecule has 0 saturated heterocycles. The molecule has 0 saturated carbocycles. The lowest BCUT2D eigenvalue weighted by Gasteiger charge is -2.13. The van der Waals surface area contributed by atoms with Crippen molar-refractivity contribution in [3.05, 3.63) is 45.8 Å². The number of hydrogen-bond acceptors (Lipinski definition) is 4. The van der Waals surface area contributed by atoms with Gasteiger partial charge in [-0.3, -0.25) is 0 Å². The van der Waals surface area contributed by atoms with Crippen molar-refractivity contribution >= 4 is 49.7 Å². The zero-order chi connectivity index (χ0) is 14.9. The average molecular weight is 407 g/mol. The van der Waals surface area contributed by atoms with E-state index in [0.717, 1.165) is 0 Å². The van der Waals surface area contributed by atoms with Gasteiger partial charge in [-0.2, -0.15) is 0 Å². The van der Waals surface area contributed by atoms with Crippen LogP contribution < -0.4 is 16.2 Å². The zero-order valence-electron chi connectivity index (χ0n) is 10.1. The van der Waals surface area contributed by atoms with E-state index in [2.05, 4.69) is 5.32 Å². The summed E-state index contributed by atoms with van der Waals surface area (Å²) >= 11 is 1.96. The van der Waals surface area contributed by atoms with E-state index in [1.165, 1.54) is 24.3 Å². The van der Waals surface area contributed by atoms with Crippen molar-refractivity contribution < 1.29 is 12.8 Å². The summed E-state index contributed by atoms with van der Waals surface area (Å²) in [6.45, 7) is 0. The maximum Gasteiger partial charge on any atom is 0.240 e. The van der Waals surface area contributed by atoms with Crippen molar-refractivity contribution in [3.63, 3.8) is 0 Å². The van der Waals surface area contributed by atoms with Gasteiger partial charge in [0.05, 0.1) is 17.1 Å². The van der Waals surface area contributed by atoms with Crippen LogP contribution in [0.3, 0.4) is 0 Å². The largest absolute Gasteiger partial charge is 0.396 e. The summed E-state index contributed by atoms with van der Waals surface area (Å²) in [5, 5.41) is 8.04. The summed E-state index contributed by atoms with van der Waals surface area (Å²) in [6.07, 6.45) is 0. The third-order valence-electron chi connectivity index (χ3n) is 2.57. The maximum absolute atomic E-state index is 13.0. The van der Waals surface area contributed by atoms with Gasteiger partial charge in [0, 0.05) is 3.57 Å². The number of para-hydroxylation sites is 1. The summed E-state index contributed by atoms with van der Waals surface area (Å²) < 4.78 is 36.5. The summed E-state index contributed by atoms with van der Waals surface area (Å²) in [5.74, 6) is -0.355. The lowest BCUT2D eigenvalue weighted by Crippen LogP contribution is -2.15. The fraction of sp³-hybridized carbons (Fsp3) is 0. The number of nitrogens with one attached hydrogen (secondary N) is 1. The summed E-state index contributed by atoms with van der Waals surface area (Å²) in [4.78, 5) is -0.153. The molecule has 0 fully saturated rings. The van der Waals surface area contributed by atoms with Gasteiger partial charge >= 0.3 is 0 Å². The zero-order valence-corrected chi connectivity index (χ0v) is 13.1. The molecule has 0 amide bonds. The first-order valence-electron chi connectivity index (χ1n) is 5.42. The first kappa shape index (κ1) is 15.0. The third kappa shape index (κ3) is 3.19. The van der Waals surface area contributed by atoms with E-state index in [1.807, 2.05) is 22.6 Å². The first-order chi connectivity index (χ1) is 9.29. The fourth-order valence-electron chi connectivity index (χ4n) is 1.64. The highest BCUT2D eigenvalue weighted by Crippen LogP contribution is 2.30. The Bertz CT molecular complexity index is 765. The number of halogens is 2. The van der Waals surface area contributed by atoms with Crippen LogP contribution in [0.4, 0.5) is 21.5 Å². The molecule has 2 aromatic carbocycles. The predicted octanol–water partition coefficient (Wildman–Crippen LogP) is 2.40. The van der Waals surface area contributed by atoms with Gasteiger partial charge in [-0.05, 0) is 52.9 Å². The molecule has 0 bridgehead atoms. The van der Waals surface area contributed by atoms with E-state index in [9.17, 15) is 12.8 Å². The van der Waals surface area contributed by atoms with Crippen LogP contribution in [0.25, 0.3) is 0 Å². The molecule has 2 rings (SSSR count). The van der Waals surface area contributed by atoms with Crippen LogP contribution >= 0.6 is 22.6 Å². The van der Waals surface area contributed by atoms with E-state index in [4.69, 9.17) is 10.9 Å². The molecule has 0 aliphatic carbocycles. The van der Waals surface area contributed by atoms with Gasteiger partial charge in [0.25, 0.3) is 0 Å². The minimum atomic E-state index is -3.89. The molecule has 20 heavy (non-hydrogen) atoms. The number of hydrogen-bond donors (Lipinski definition) is 3. The molecule has 0 atom stereocenters. The number of nitrogen functional groups attached to an aromatic ring is 1. The van der Waals surface area contributed by atoms with E-state index in [1.54, 1.807) is 12.1 Å². The standard InChI is InChI=1S/C12H11FIN3O2S/c13-7-4-5-9(8(14)6-7)17-10-2-1-3-11(12(10)15)20(16,18)19/h1-6,17H,15H2,(H2,16,18,19). The smallest absolute Gasteiger partial charge is 0.240 e. The highest BCUT2D eigenvalue weighted by atomic mass is 127. The van der Waals surface area contributed by atoms with E-state index in [0.29, 0.717) is 14.9 Å². The van der Waals surface area contributed by atoms with Crippen LogP contribution in [-0.4, -0.2) is 8.42 Å². The molecule has 5 N–H and O–H groups in total. The Morgan fingerprint density at radius 3 is 2.45 bits per heavy atom. The van der Waals surface area contributed by atoms with Crippen molar-refractivity contribution in [2.75, 3.05) is 11.1 Å². The molecule has 0 unspecified atom stereocenters. The van der Waals surface area contributed by atoms with Crippen LogP contribution in [0, 0.1) is 9.39 Å². The fourth-order valence-corrected chi connectivity index (χ4v) is 2.93. The van der Waals surface area contributed by atoms with Gasteiger partial charge in [-0.1, -0.05) is 6.07 Å². The second-order valence-electron chi connectivity index (χ2n) is 4.01. The van der Waals surface area contributed by atoms with Gasteiger partial charge < -0.3 is 11.1 Å². The topological polar surface area (TPSA) is 98.2 Å². The van der Waals surface area contributed by atoms with Crippen LogP contribution in [-0.2, 0) is 10.0 Å². The molecule has 2 aromatic rings. The van der Waals surface area contributed by atoms with Gasteiger partial charge in [0.2, 0.25) is 10.0 Å². The van der Waals surface area contributed by atoms with Gasteiger partial charge in [-0.25, -0.2) is 17.9 Å².